The van der Waals surface area contributed by atoms with Gasteiger partial charge >= 0.3 is 0 Å². The van der Waals surface area contributed by atoms with E-state index in [-0.39, 0.29) is 11.6 Å². The second kappa shape index (κ2) is 5.67. The molecular formula is C15H17F3N2O. The third-order valence-corrected chi connectivity index (χ3v) is 4.17. The molecule has 3 nitrogen and oxygen atoms in total. The molecule has 1 amide bonds. The first-order valence-electron chi connectivity index (χ1n) is 7.24. The number of carbonyl (C=O) groups is 1. The van der Waals surface area contributed by atoms with E-state index in [1.54, 1.807) is 0 Å². The summed E-state index contributed by atoms with van der Waals surface area (Å²) in [6.07, 6.45) is 4.17. The van der Waals surface area contributed by atoms with Gasteiger partial charge in [0, 0.05) is 30.7 Å². The first-order chi connectivity index (χ1) is 10.0. The maximum Gasteiger partial charge on any atom is 0.251 e. The Balaban J connectivity index is 1.59. The molecular weight excluding hydrogens is 281 g/mol. The Morgan fingerprint density at radius 2 is 1.62 bits per heavy atom. The predicted molar refractivity (Wildman–Crippen MR) is 71.4 cm³/mol. The maximum atomic E-state index is 13.1. The zero-order valence-electron chi connectivity index (χ0n) is 11.5. The Morgan fingerprint density at radius 1 is 1.05 bits per heavy atom. The van der Waals surface area contributed by atoms with Crippen LogP contribution in [0.5, 0.6) is 0 Å². The smallest absolute Gasteiger partial charge is 0.251 e. The van der Waals surface area contributed by atoms with E-state index in [0.717, 1.165) is 38.1 Å². The molecule has 1 heterocycles. The number of benzene rings is 1. The number of rotatable bonds is 3. The highest BCUT2D eigenvalue weighted by Crippen LogP contribution is 2.29. The minimum absolute atomic E-state index is 0.00340. The summed E-state index contributed by atoms with van der Waals surface area (Å²) in [4.78, 5) is 14.4. The van der Waals surface area contributed by atoms with Gasteiger partial charge < -0.3 is 10.2 Å². The van der Waals surface area contributed by atoms with Crippen LogP contribution in [0.4, 0.5) is 13.2 Å². The van der Waals surface area contributed by atoms with Crippen LogP contribution >= 0.6 is 0 Å². The van der Waals surface area contributed by atoms with Crippen molar-refractivity contribution >= 4 is 5.91 Å². The molecule has 0 spiro atoms. The summed E-state index contributed by atoms with van der Waals surface area (Å²) >= 11 is 0. The van der Waals surface area contributed by atoms with Crippen molar-refractivity contribution in [3.63, 3.8) is 0 Å². The highest BCUT2D eigenvalue weighted by atomic mass is 19.2. The Kier molecular flexibility index (Phi) is 3.89. The Morgan fingerprint density at radius 3 is 2.14 bits per heavy atom. The van der Waals surface area contributed by atoms with Gasteiger partial charge in [0.05, 0.1) is 0 Å². The van der Waals surface area contributed by atoms with Gasteiger partial charge in [-0.3, -0.25) is 4.79 Å². The van der Waals surface area contributed by atoms with Gasteiger partial charge in [0.15, 0.2) is 17.5 Å². The number of nitrogens with one attached hydrogen (secondary N) is 1. The van der Waals surface area contributed by atoms with E-state index in [1.807, 2.05) is 0 Å². The lowest BCUT2D eigenvalue weighted by Gasteiger charge is -2.32. The number of piperidine rings is 1. The van der Waals surface area contributed by atoms with Crippen LogP contribution in [0.15, 0.2) is 12.1 Å². The van der Waals surface area contributed by atoms with E-state index in [4.69, 9.17) is 0 Å². The molecule has 2 aliphatic rings. The number of carbonyl (C=O) groups excluding carboxylic acids is 1. The molecule has 0 aromatic heterocycles. The van der Waals surface area contributed by atoms with Crippen LogP contribution in [0.3, 0.4) is 0 Å². The topological polar surface area (TPSA) is 32.3 Å². The molecule has 1 aliphatic heterocycles. The fourth-order valence-electron chi connectivity index (χ4n) is 2.80. The third kappa shape index (κ3) is 3.20. The maximum absolute atomic E-state index is 13.1. The first kappa shape index (κ1) is 14.4. The monoisotopic (exact) mass is 298 g/mol. The summed E-state index contributed by atoms with van der Waals surface area (Å²) in [6, 6.07) is 2.17. The molecule has 0 radical (unpaired) electrons. The quantitative estimate of drug-likeness (QED) is 0.869. The second-order valence-corrected chi connectivity index (χ2v) is 5.77. The number of likely N-dealkylation sites (tertiary alicyclic amines) is 1. The number of hydrogen-bond donors (Lipinski definition) is 1. The Hall–Kier alpha value is -1.56. The fraction of sp³-hybridized carbons (Fsp3) is 0.533. The lowest BCUT2D eigenvalue weighted by atomic mass is 10.0. The van der Waals surface area contributed by atoms with Gasteiger partial charge in [0.25, 0.3) is 5.91 Å². The van der Waals surface area contributed by atoms with Crippen LogP contribution in [0.1, 0.15) is 36.0 Å². The summed E-state index contributed by atoms with van der Waals surface area (Å²) in [7, 11) is 0. The van der Waals surface area contributed by atoms with Gasteiger partial charge in [-0.1, -0.05) is 0 Å². The molecule has 3 rings (SSSR count). The van der Waals surface area contributed by atoms with Gasteiger partial charge in [-0.2, -0.15) is 0 Å². The normalized spacial score (nSPS) is 20.5. The summed E-state index contributed by atoms with van der Waals surface area (Å²) < 4.78 is 39.1. The highest BCUT2D eigenvalue weighted by Gasteiger charge is 2.32. The van der Waals surface area contributed by atoms with Gasteiger partial charge in [0.1, 0.15) is 0 Å². The lowest BCUT2D eigenvalue weighted by Crippen LogP contribution is -2.45. The molecule has 1 aromatic carbocycles. The largest absolute Gasteiger partial charge is 0.349 e. The molecule has 0 bridgehead atoms. The van der Waals surface area contributed by atoms with Crippen molar-refractivity contribution in [2.75, 3.05) is 13.1 Å². The van der Waals surface area contributed by atoms with E-state index >= 15 is 0 Å². The van der Waals surface area contributed by atoms with Crippen molar-refractivity contribution < 1.29 is 18.0 Å². The molecule has 114 valence electrons. The molecule has 1 saturated carbocycles. The second-order valence-electron chi connectivity index (χ2n) is 5.77. The standard InChI is InChI=1S/C15H17F3N2O/c16-12-7-9(8-13(17)14(12)18)15(21)19-10-3-5-20(6-4-10)11-1-2-11/h7-8,10-11H,1-6H2,(H,19,21). The molecule has 1 aliphatic carbocycles. The van der Waals surface area contributed by atoms with Crippen LogP contribution < -0.4 is 5.32 Å². The number of nitrogens with zero attached hydrogens (tertiary/aromatic N) is 1. The van der Waals surface area contributed by atoms with Crippen LogP contribution in [-0.2, 0) is 0 Å². The third-order valence-electron chi connectivity index (χ3n) is 4.17. The minimum Gasteiger partial charge on any atom is -0.349 e. The van der Waals surface area contributed by atoms with Crippen LogP contribution in [-0.4, -0.2) is 36.0 Å². The lowest BCUT2D eigenvalue weighted by molar-refractivity contribution is 0.0908. The van der Waals surface area contributed by atoms with Gasteiger partial charge in [0.2, 0.25) is 0 Å². The van der Waals surface area contributed by atoms with E-state index in [9.17, 15) is 18.0 Å². The molecule has 1 saturated heterocycles. The molecule has 2 fully saturated rings. The molecule has 0 atom stereocenters. The minimum atomic E-state index is -1.55. The zero-order chi connectivity index (χ0) is 15.0. The van der Waals surface area contributed by atoms with Crippen molar-refractivity contribution in [2.45, 2.75) is 37.8 Å². The molecule has 6 heteroatoms. The average molecular weight is 298 g/mol. The SMILES string of the molecule is O=C(NC1CCN(C2CC2)CC1)c1cc(F)c(F)c(F)c1. The van der Waals surface area contributed by atoms with E-state index < -0.39 is 23.4 Å². The summed E-state index contributed by atoms with van der Waals surface area (Å²) in [5, 5.41) is 2.77. The fourth-order valence-corrected chi connectivity index (χ4v) is 2.80. The van der Waals surface area contributed by atoms with Gasteiger partial charge in [-0.05, 0) is 37.8 Å². The Bertz CT molecular complexity index is 529. The number of amides is 1. The average Bonchev–Trinajstić information content (AvgIpc) is 3.29. The van der Waals surface area contributed by atoms with Crippen molar-refractivity contribution in [1.82, 2.24) is 10.2 Å². The summed E-state index contributed by atoms with van der Waals surface area (Å²) in [5.41, 5.74) is -0.184. The van der Waals surface area contributed by atoms with Crippen molar-refractivity contribution in [3.8, 4) is 0 Å². The van der Waals surface area contributed by atoms with Crippen molar-refractivity contribution in [1.29, 1.82) is 0 Å². The molecule has 1 aromatic rings. The van der Waals surface area contributed by atoms with Gasteiger partial charge in [-0.15, -0.1) is 0 Å². The number of hydrogen-bond acceptors (Lipinski definition) is 2. The highest BCUT2D eigenvalue weighted by molar-refractivity contribution is 5.94. The summed E-state index contributed by atoms with van der Waals surface area (Å²) in [5.74, 6) is -4.80. The molecule has 21 heavy (non-hydrogen) atoms. The van der Waals surface area contributed by atoms with Crippen molar-refractivity contribution in [2.24, 2.45) is 0 Å². The summed E-state index contributed by atoms with van der Waals surface area (Å²) in [6.45, 7) is 1.86. The van der Waals surface area contributed by atoms with Crippen molar-refractivity contribution in [3.05, 3.63) is 35.1 Å². The Labute approximate surface area is 121 Å². The van der Waals surface area contributed by atoms with Crippen LogP contribution in [0.2, 0.25) is 0 Å². The van der Waals surface area contributed by atoms with Crippen LogP contribution in [0, 0.1) is 17.5 Å². The first-order valence-corrected chi connectivity index (χ1v) is 7.24. The van der Waals surface area contributed by atoms with Gasteiger partial charge in [-0.25, -0.2) is 13.2 Å². The van der Waals surface area contributed by atoms with Crippen LogP contribution in [0.25, 0.3) is 0 Å². The molecule has 1 N–H and O–H groups in total. The van der Waals surface area contributed by atoms with E-state index in [2.05, 4.69) is 10.2 Å². The molecule has 0 unspecified atom stereocenters. The van der Waals surface area contributed by atoms with E-state index in [0.29, 0.717) is 6.04 Å². The number of halogens is 3. The zero-order valence-corrected chi connectivity index (χ0v) is 11.5. The van der Waals surface area contributed by atoms with E-state index in [1.165, 1.54) is 12.8 Å². The predicted octanol–water partition coefficient (Wildman–Crippen LogP) is 2.46.